The van der Waals surface area contributed by atoms with Gasteiger partial charge in [0.1, 0.15) is 23.8 Å². The van der Waals surface area contributed by atoms with E-state index in [1.165, 1.54) is 0 Å². The highest BCUT2D eigenvalue weighted by Crippen LogP contribution is 2.17. The summed E-state index contributed by atoms with van der Waals surface area (Å²) in [7, 11) is 3.69. The van der Waals surface area contributed by atoms with E-state index in [1.807, 2.05) is 36.1 Å². The van der Waals surface area contributed by atoms with E-state index in [1.54, 1.807) is 13.2 Å². The lowest BCUT2D eigenvalue weighted by Gasteiger charge is -2.32. The molecular weight excluding hydrogens is 358 g/mol. The summed E-state index contributed by atoms with van der Waals surface area (Å²) in [6, 6.07) is 9.15. The fourth-order valence-corrected chi connectivity index (χ4v) is 2.93. The number of carbonyl (C=O) groups excluding carboxylic acids is 1. The van der Waals surface area contributed by atoms with Crippen LogP contribution in [0.3, 0.4) is 0 Å². The fraction of sp³-hybridized carbons (Fsp3) is 0.450. The molecule has 150 valence electrons. The van der Waals surface area contributed by atoms with E-state index in [0.29, 0.717) is 24.8 Å². The Hall–Kier alpha value is -2.87. The van der Waals surface area contributed by atoms with Crippen molar-refractivity contribution < 1.29 is 14.3 Å². The Kier molecular flexibility index (Phi) is 6.65. The molecular formula is C20H27N5O3. The van der Waals surface area contributed by atoms with E-state index >= 15 is 0 Å². The van der Waals surface area contributed by atoms with Gasteiger partial charge in [0.25, 0.3) is 5.91 Å². The van der Waals surface area contributed by atoms with Gasteiger partial charge in [-0.25, -0.2) is 9.97 Å². The van der Waals surface area contributed by atoms with Crippen LogP contribution < -0.4 is 14.8 Å². The molecule has 0 radical (unpaired) electrons. The number of piperazine rings is 1. The van der Waals surface area contributed by atoms with Gasteiger partial charge in [-0.3, -0.25) is 4.79 Å². The van der Waals surface area contributed by atoms with Gasteiger partial charge < -0.3 is 24.6 Å². The van der Waals surface area contributed by atoms with E-state index < -0.39 is 0 Å². The molecule has 2 heterocycles. The Labute approximate surface area is 165 Å². The van der Waals surface area contributed by atoms with Crippen molar-refractivity contribution in [1.82, 2.24) is 19.8 Å². The minimum Gasteiger partial charge on any atom is -0.497 e. The lowest BCUT2D eigenvalue weighted by molar-refractivity contribution is 0.0658. The molecule has 1 aliphatic rings. The smallest absolute Gasteiger partial charge is 0.272 e. The van der Waals surface area contributed by atoms with Gasteiger partial charge in [0.2, 0.25) is 5.95 Å². The Bertz CT molecular complexity index is 789. The molecule has 0 saturated carbocycles. The predicted octanol–water partition coefficient (Wildman–Crippen LogP) is 1.67. The normalized spacial score (nSPS) is 14.6. The minimum atomic E-state index is -0.0452. The molecule has 0 atom stereocenters. The number of carbonyl (C=O) groups is 1. The van der Waals surface area contributed by atoms with Crippen molar-refractivity contribution in [2.24, 2.45) is 0 Å². The van der Waals surface area contributed by atoms with Crippen LogP contribution >= 0.6 is 0 Å². The van der Waals surface area contributed by atoms with Crippen LogP contribution in [0.25, 0.3) is 0 Å². The van der Waals surface area contributed by atoms with Gasteiger partial charge in [-0.1, -0.05) is 0 Å². The van der Waals surface area contributed by atoms with E-state index in [9.17, 15) is 4.79 Å². The molecule has 1 aromatic heterocycles. The van der Waals surface area contributed by atoms with E-state index in [0.717, 1.165) is 43.4 Å². The number of nitrogens with one attached hydrogen (secondary N) is 1. The zero-order valence-electron chi connectivity index (χ0n) is 16.6. The Morgan fingerprint density at radius 1 is 1.11 bits per heavy atom. The van der Waals surface area contributed by atoms with Crippen LogP contribution in [0.4, 0.5) is 5.95 Å². The van der Waals surface area contributed by atoms with Crippen molar-refractivity contribution >= 4 is 11.9 Å². The summed E-state index contributed by atoms with van der Waals surface area (Å²) >= 11 is 0. The van der Waals surface area contributed by atoms with Crippen LogP contribution in [-0.2, 0) is 0 Å². The van der Waals surface area contributed by atoms with Crippen LogP contribution in [-0.4, -0.2) is 79.2 Å². The zero-order valence-corrected chi connectivity index (χ0v) is 16.6. The summed E-state index contributed by atoms with van der Waals surface area (Å²) in [6.45, 7) is 6.03. The maximum Gasteiger partial charge on any atom is 0.272 e. The number of hydrogen-bond donors (Lipinski definition) is 1. The monoisotopic (exact) mass is 385 g/mol. The largest absolute Gasteiger partial charge is 0.497 e. The number of ether oxygens (including phenoxy) is 2. The molecule has 8 nitrogen and oxygen atoms in total. The van der Waals surface area contributed by atoms with Crippen LogP contribution in [0, 0.1) is 6.92 Å². The maximum absolute atomic E-state index is 12.7. The average molecular weight is 385 g/mol. The molecule has 0 unspecified atom stereocenters. The number of aryl methyl sites for hydroxylation is 1. The third-order valence-electron chi connectivity index (χ3n) is 4.58. The number of anilines is 1. The number of rotatable bonds is 7. The van der Waals surface area contributed by atoms with Crippen LogP contribution in [0.2, 0.25) is 0 Å². The Morgan fingerprint density at radius 2 is 1.79 bits per heavy atom. The van der Waals surface area contributed by atoms with Gasteiger partial charge >= 0.3 is 0 Å². The molecule has 2 aromatic rings. The molecule has 3 rings (SSSR count). The highest BCUT2D eigenvalue weighted by Gasteiger charge is 2.22. The van der Waals surface area contributed by atoms with Crippen LogP contribution in [0.5, 0.6) is 11.5 Å². The standard InChI is InChI=1S/C20H27N5O3/c1-15-14-18(19(26)25-11-9-24(2)10-12-25)23-20(22-15)21-8-13-28-17-6-4-16(27-3)5-7-17/h4-7,14H,8-13H2,1-3H3,(H,21,22,23). The minimum absolute atomic E-state index is 0.0452. The molecule has 1 N–H and O–H groups in total. The second kappa shape index (κ2) is 9.36. The van der Waals surface area contributed by atoms with Crippen LogP contribution in [0.1, 0.15) is 16.2 Å². The third-order valence-corrected chi connectivity index (χ3v) is 4.58. The second-order valence-corrected chi connectivity index (χ2v) is 6.76. The molecule has 1 fully saturated rings. The van der Waals surface area contributed by atoms with Crippen molar-refractivity contribution in [2.75, 3.05) is 58.8 Å². The van der Waals surface area contributed by atoms with Crippen molar-refractivity contribution in [3.63, 3.8) is 0 Å². The first-order valence-electron chi connectivity index (χ1n) is 9.39. The molecule has 1 aromatic carbocycles. The molecule has 28 heavy (non-hydrogen) atoms. The summed E-state index contributed by atoms with van der Waals surface area (Å²) in [5.41, 5.74) is 1.18. The average Bonchev–Trinajstić information content (AvgIpc) is 2.71. The predicted molar refractivity (Wildman–Crippen MR) is 107 cm³/mol. The number of amides is 1. The summed E-state index contributed by atoms with van der Waals surface area (Å²) in [4.78, 5) is 25.6. The molecule has 1 aliphatic heterocycles. The van der Waals surface area contributed by atoms with Gasteiger partial charge in [-0.2, -0.15) is 0 Å². The summed E-state index contributed by atoms with van der Waals surface area (Å²) in [5.74, 6) is 1.95. The van der Waals surface area contributed by atoms with Gasteiger partial charge in [0.15, 0.2) is 0 Å². The SMILES string of the molecule is COc1ccc(OCCNc2nc(C)cc(C(=O)N3CCN(C)CC3)n2)cc1. The number of methoxy groups -OCH3 is 1. The van der Waals surface area contributed by atoms with Crippen molar-refractivity contribution in [3.05, 3.63) is 41.7 Å². The number of nitrogens with zero attached hydrogens (tertiary/aromatic N) is 4. The first-order valence-corrected chi connectivity index (χ1v) is 9.39. The second-order valence-electron chi connectivity index (χ2n) is 6.76. The number of aromatic nitrogens is 2. The number of hydrogen-bond acceptors (Lipinski definition) is 7. The maximum atomic E-state index is 12.7. The topological polar surface area (TPSA) is 79.8 Å². The Balaban J connectivity index is 1.53. The van der Waals surface area contributed by atoms with E-state index in [-0.39, 0.29) is 5.91 Å². The molecule has 8 heteroatoms. The van der Waals surface area contributed by atoms with Crippen molar-refractivity contribution in [1.29, 1.82) is 0 Å². The van der Waals surface area contributed by atoms with Gasteiger partial charge in [-0.05, 0) is 44.3 Å². The van der Waals surface area contributed by atoms with Gasteiger partial charge in [0.05, 0.1) is 13.7 Å². The number of benzene rings is 1. The summed E-state index contributed by atoms with van der Waals surface area (Å²) in [5, 5.41) is 3.13. The van der Waals surface area contributed by atoms with E-state index in [2.05, 4.69) is 27.2 Å². The van der Waals surface area contributed by atoms with Crippen LogP contribution in [0.15, 0.2) is 30.3 Å². The zero-order chi connectivity index (χ0) is 19.9. The van der Waals surface area contributed by atoms with E-state index in [4.69, 9.17) is 9.47 Å². The highest BCUT2D eigenvalue weighted by molar-refractivity contribution is 5.92. The Morgan fingerprint density at radius 3 is 2.46 bits per heavy atom. The molecule has 1 saturated heterocycles. The first kappa shape index (κ1) is 19.9. The summed E-state index contributed by atoms with van der Waals surface area (Å²) in [6.07, 6.45) is 0. The highest BCUT2D eigenvalue weighted by atomic mass is 16.5. The van der Waals surface area contributed by atoms with Crippen molar-refractivity contribution in [2.45, 2.75) is 6.92 Å². The third kappa shape index (κ3) is 5.32. The van der Waals surface area contributed by atoms with Crippen molar-refractivity contribution in [3.8, 4) is 11.5 Å². The fourth-order valence-electron chi connectivity index (χ4n) is 2.93. The lowest BCUT2D eigenvalue weighted by atomic mass is 10.2. The van der Waals surface area contributed by atoms with Gasteiger partial charge in [-0.15, -0.1) is 0 Å². The molecule has 0 bridgehead atoms. The first-order chi connectivity index (χ1) is 13.5. The number of likely N-dealkylation sites (N-methyl/N-ethyl adjacent to an activating group) is 1. The summed E-state index contributed by atoms with van der Waals surface area (Å²) < 4.78 is 10.8. The molecule has 0 aliphatic carbocycles. The molecule has 1 amide bonds. The molecule has 0 spiro atoms. The quantitative estimate of drug-likeness (QED) is 0.726. The lowest BCUT2D eigenvalue weighted by Crippen LogP contribution is -2.47. The van der Waals surface area contributed by atoms with Gasteiger partial charge in [0, 0.05) is 31.9 Å².